The summed E-state index contributed by atoms with van der Waals surface area (Å²) < 4.78 is 16.4. The highest BCUT2D eigenvalue weighted by Gasteiger charge is 2.03. The molecule has 0 fully saturated rings. The quantitative estimate of drug-likeness (QED) is 0.337. The van der Waals surface area contributed by atoms with Gasteiger partial charge < -0.3 is 24.8 Å². The Morgan fingerprint density at radius 2 is 1.79 bits per heavy atom. The van der Waals surface area contributed by atoms with Crippen LogP contribution in [0.25, 0.3) is 0 Å². The van der Waals surface area contributed by atoms with E-state index in [0.717, 1.165) is 17.9 Å². The number of methoxy groups -OCH3 is 1. The Kier molecular flexibility index (Phi) is 10.0. The first-order chi connectivity index (χ1) is 14.1. The van der Waals surface area contributed by atoms with Crippen molar-refractivity contribution in [2.24, 2.45) is 4.99 Å². The van der Waals surface area contributed by atoms with E-state index in [4.69, 9.17) is 14.2 Å². The predicted molar refractivity (Wildman–Crippen MR) is 119 cm³/mol. The zero-order valence-corrected chi connectivity index (χ0v) is 17.9. The Balaban J connectivity index is 1.83. The molecule has 0 saturated carbocycles. The number of nitrogens with zero attached hydrogens (tertiary/aromatic N) is 1. The van der Waals surface area contributed by atoms with Gasteiger partial charge in [0.05, 0.1) is 19.3 Å². The molecule has 29 heavy (non-hydrogen) atoms. The maximum Gasteiger partial charge on any atom is 0.195 e. The Morgan fingerprint density at radius 3 is 2.48 bits per heavy atom. The molecule has 6 nitrogen and oxygen atoms in total. The normalized spacial score (nSPS) is 11.6. The number of nitrogens with one attached hydrogen (secondary N) is 2. The SMILES string of the molecule is CN=C(NCc1ccc(COC(C)C)cc1)Nc1cccc(OCCCOC)c1. The van der Waals surface area contributed by atoms with E-state index < -0.39 is 0 Å². The van der Waals surface area contributed by atoms with Crippen molar-refractivity contribution in [3.63, 3.8) is 0 Å². The van der Waals surface area contributed by atoms with Crippen LogP contribution in [0.2, 0.25) is 0 Å². The molecule has 6 heteroatoms. The topological polar surface area (TPSA) is 64.1 Å². The molecule has 2 aromatic carbocycles. The van der Waals surface area contributed by atoms with Crippen LogP contribution in [0.15, 0.2) is 53.5 Å². The van der Waals surface area contributed by atoms with Crippen molar-refractivity contribution in [3.8, 4) is 5.75 Å². The van der Waals surface area contributed by atoms with E-state index in [0.29, 0.717) is 32.3 Å². The lowest BCUT2D eigenvalue weighted by Crippen LogP contribution is -2.30. The van der Waals surface area contributed by atoms with Gasteiger partial charge >= 0.3 is 0 Å². The van der Waals surface area contributed by atoms with E-state index in [1.807, 2.05) is 38.1 Å². The maximum atomic E-state index is 5.75. The van der Waals surface area contributed by atoms with Gasteiger partial charge in [0, 0.05) is 45.5 Å². The van der Waals surface area contributed by atoms with E-state index in [-0.39, 0.29) is 6.10 Å². The minimum absolute atomic E-state index is 0.236. The summed E-state index contributed by atoms with van der Waals surface area (Å²) in [5.41, 5.74) is 3.27. The standard InChI is InChI=1S/C23H33N3O3/c1-18(2)29-17-20-11-9-19(10-12-20)16-25-23(24-3)26-21-7-5-8-22(15-21)28-14-6-13-27-4/h5,7-12,15,18H,6,13-14,16-17H2,1-4H3,(H2,24,25,26). The van der Waals surface area contributed by atoms with Gasteiger partial charge in [0.2, 0.25) is 0 Å². The van der Waals surface area contributed by atoms with Gasteiger partial charge in [-0.3, -0.25) is 4.99 Å². The molecule has 2 rings (SSSR count). The molecule has 0 spiro atoms. The van der Waals surface area contributed by atoms with Crippen LogP contribution < -0.4 is 15.4 Å². The summed E-state index contributed by atoms with van der Waals surface area (Å²) in [5, 5.41) is 6.63. The molecule has 0 atom stereocenters. The fourth-order valence-electron chi connectivity index (χ4n) is 2.57. The number of benzene rings is 2. The number of anilines is 1. The summed E-state index contributed by atoms with van der Waals surface area (Å²) in [6.45, 7) is 6.72. The first-order valence-electron chi connectivity index (χ1n) is 9.99. The molecule has 0 aliphatic heterocycles. The molecule has 2 N–H and O–H groups in total. The van der Waals surface area contributed by atoms with E-state index in [1.54, 1.807) is 14.2 Å². The van der Waals surface area contributed by atoms with Gasteiger partial charge in [-0.2, -0.15) is 0 Å². The lowest BCUT2D eigenvalue weighted by Gasteiger charge is -2.14. The summed E-state index contributed by atoms with van der Waals surface area (Å²) in [5.74, 6) is 1.52. The van der Waals surface area contributed by atoms with Gasteiger partial charge in [-0.15, -0.1) is 0 Å². The molecule has 158 valence electrons. The third-order valence-electron chi connectivity index (χ3n) is 4.15. The third-order valence-corrected chi connectivity index (χ3v) is 4.15. The molecular weight excluding hydrogens is 366 g/mol. The van der Waals surface area contributed by atoms with Crippen molar-refractivity contribution in [2.45, 2.75) is 39.5 Å². The average molecular weight is 400 g/mol. The van der Waals surface area contributed by atoms with Crippen LogP contribution >= 0.6 is 0 Å². The molecule has 0 aliphatic rings. The van der Waals surface area contributed by atoms with Crippen molar-refractivity contribution >= 4 is 11.6 Å². The Bertz CT molecular complexity index is 745. The van der Waals surface area contributed by atoms with Gasteiger partial charge in [-0.05, 0) is 37.1 Å². The van der Waals surface area contributed by atoms with E-state index in [2.05, 4.69) is 39.9 Å². The van der Waals surface area contributed by atoms with Gasteiger partial charge in [-0.25, -0.2) is 0 Å². The Morgan fingerprint density at radius 1 is 1.03 bits per heavy atom. The van der Waals surface area contributed by atoms with E-state index in [1.165, 1.54) is 11.1 Å². The van der Waals surface area contributed by atoms with Gasteiger partial charge in [-0.1, -0.05) is 30.3 Å². The maximum absolute atomic E-state index is 5.75. The van der Waals surface area contributed by atoms with Gasteiger partial charge in [0.15, 0.2) is 5.96 Å². The van der Waals surface area contributed by atoms with Gasteiger partial charge in [0.25, 0.3) is 0 Å². The molecule has 0 unspecified atom stereocenters. The lowest BCUT2D eigenvalue weighted by atomic mass is 10.1. The fourth-order valence-corrected chi connectivity index (χ4v) is 2.57. The predicted octanol–water partition coefficient (Wildman–Crippen LogP) is 4.21. The second-order valence-corrected chi connectivity index (χ2v) is 6.95. The number of hydrogen-bond donors (Lipinski definition) is 2. The van der Waals surface area contributed by atoms with Crippen molar-refractivity contribution < 1.29 is 14.2 Å². The molecular formula is C23H33N3O3. The van der Waals surface area contributed by atoms with Crippen molar-refractivity contribution in [1.82, 2.24) is 5.32 Å². The number of hydrogen-bond acceptors (Lipinski definition) is 4. The summed E-state index contributed by atoms with van der Waals surface area (Å²) in [6, 6.07) is 16.3. The second-order valence-electron chi connectivity index (χ2n) is 6.95. The van der Waals surface area contributed by atoms with Crippen LogP contribution in [-0.4, -0.2) is 39.4 Å². The fraction of sp³-hybridized carbons (Fsp3) is 0.435. The van der Waals surface area contributed by atoms with Crippen molar-refractivity contribution in [3.05, 3.63) is 59.7 Å². The molecule has 0 amide bonds. The first kappa shape index (κ1) is 22.7. The molecule has 0 saturated heterocycles. The number of rotatable bonds is 11. The summed E-state index contributed by atoms with van der Waals surface area (Å²) in [6.07, 6.45) is 1.10. The number of guanidine groups is 1. The smallest absolute Gasteiger partial charge is 0.195 e. The van der Waals surface area contributed by atoms with Gasteiger partial charge in [0.1, 0.15) is 5.75 Å². The molecule has 0 radical (unpaired) electrons. The molecule has 0 aromatic heterocycles. The second kappa shape index (κ2) is 12.8. The highest BCUT2D eigenvalue weighted by Crippen LogP contribution is 2.17. The molecule has 2 aromatic rings. The molecule has 0 bridgehead atoms. The average Bonchev–Trinajstić information content (AvgIpc) is 2.73. The largest absolute Gasteiger partial charge is 0.493 e. The molecule has 0 aliphatic carbocycles. The van der Waals surface area contributed by atoms with Crippen LogP contribution in [0.4, 0.5) is 5.69 Å². The zero-order chi connectivity index (χ0) is 20.9. The highest BCUT2D eigenvalue weighted by atomic mass is 16.5. The summed E-state index contributed by atoms with van der Waals surface area (Å²) in [7, 11) is 3.45. The Hall–Kier alpha value is -2.57. The van der Waals surface area contributed by atoms with Crippen molar-refractivity contribution in [2.75, 3.05) is 32.7 Å². The zero-order valence-electron chi connectivity index (χ0n) is 17.9. The van der Waals surface area contributed by atoms with Crippen LogP contribution in [0, 0.1) is 0 Å². The number of aliphatic imine (C=N–C) groups is 1. The van der Waals surface area contributed by atoms with E-state index >= 15 is 0 Å². The van der Waals surface area contributed by atoms with E-state index in [9.17, 15) is 0 Å². The third kappa shape index (κ3) is 8.98. The number of ether oxygens (including phenoxy) is 3. The Labute approximate surface area is 174 Å². The molecule has 0 heterocycles. The first-order valence-corrected chi connectivity index (χ1v) is 9.99. The minimum Gasteiger partial charge on any atom is -0.493 e. The van der Waals surface area contributed by atoms with Crippen molar-refractivity contribution in [1.29, 1.82) is 0 Å². The minimum atomic E-state index is 0.236. The summed E-state index contributed by atoms with van der Waals surface area (Å²) in [4.78, 5) is 4.30. The summed E-state index contributed by atoms with van der Waals surface area (Å²) >= 11 is 0. The lowest BCUT2D eigenvalue weighted by molar-refractivity contribution is 0.0657. The van der Waals surface area contributed by atoms with Crippen LogP contribution in [0.5, 0.6) is 5.75 Å². The van der Waals surface area contributed by atoms with Crippen LogP contribution in [0.3, 0.4) is 0 Å². The highest BCUT2D eigenvalue weighted by molar-refractivity contribution is 5.93. The van der Waals surface area contributed by atoms with Crippen LogP contribution in [0.1, 0.15) is 31.4 Å². The van der Waals surface area contributed by atoms with Crippen LogP contribution in [-0.2, 0) is 22.6 Å². The monoisotopic (exact) mass is 399 g/mol.